The van der Waals surface area contributed by atoms with Gasteiger partial charge in [0.15, 0.2) is 5.13 Å². The van der Waals surface area contributed by atoms with Gasteiger partial charge < -0.3 is 25.6 Å². The fraction of sp³-hybridized carbons (Fsp3) is 0.306. The van der Waals surface area contributed by atoms with E-state index in [1.165, 1.54) is 11.3 Å². The van der Waals surface area contributed by atoms with Crippen molar-refractivity contribution in [1.82, 2.24) is 30.1 Å². The predicted molar refractivity (Wildman–Crippen MR) is 185 cm³/mol. The highest BCUT2D eigenvalue weighted by Gasteiger charge is 2.52. The number of carbonyl (C=O) groups is 4. The number of nitrogens with zero attached hydrogens (tertiary/aromatic N) is 5. The van der Waals surface area contributed by atoms with Crippen LogP contribution in [0.25, 0.3) is 10.2 Å². The summed E-state index contributed by atoms with van der Waals surface area (Å²) in [5.41, 5.74) is 9.89. The smallest absolute Gasteiger partial charge is 0.385 e. The van der Waals surface area contributed by atoms with Crippen molar-refractivity contribution in [2.24, 2.45) is 0 Å². The van der Waals surface area contributed by atoms with Gasteiger partial charge in [-0.2, -0.15) is 5.01 Å². The number of benzene rings is 3. The van der Waals surface area contributed by atoms with Crippen LogP contribution in [-0.2, 0) is 38.7 Å². The number of esters is 1. The van der Waals surface area contributed by atoms with Crippen molar-refractivity contribution in [3.63, 3.8) is 0 Å². The molecule has 2 aliphatic heterocycles. The van der Waals surface area contributed by atoms with E-state index in [1.807, 2.05) is 74.5 Å². The van der Waals surface area contributed by atoms with Crippen LogP contribution in [0.15, 0.2) is 72.8 Å². The number of hydrazine groups is 1. The van der Waals surface area contributed by atoms with E-state index >= 15 is 0 Å². The molecule has 0 aliphatic carbocycles. The quantitative estimate of drug-likeness (QED) is 0.214. The molecular weight excluding hydrogens is 643 g/mol. The maximum absolute atomic E-state index is 14.3. The Morgan fingerprint density at radius 3 is 2.53 bits per heavy atom. The molecule has 3 heterocycles. The molecule has 12 nitrogen and oxygen atoms in total. The topological polar surface area (TPSA) is 141 Å². The van der Waals surface area contributed by atoms with Crippen LogP contribution in [-0.4, -0.2) is 87.0 Å². The number of nitrogens with two attached hydrogens (primary N) is 1. The minimum absolute atomic E-state index is 0.0407. The van der Waals surface area contributed by atoms with Gasteiger partial charge in [0.2, 0.25) is 11.8 Å². The lowest BCUT2D eigenvalue weighted by Crippen LogP contribution is -2.66. The number of nitrogen functional groups attached to an aromatic ring is 1. The van der Waals surface area contributed by atoms with Gasteiger partial charge in [0.25, 0.3) is 0 Å². The van der Waals surface area contributed by atoms with E-state index in [9.17, 15) is 19.2 Å². The maximum Gasteiger partial charge on any atom is 0.385 e. The SMILES string of the molecule is CNC(=O)N(C(C)C)N1CC(=O)N2[C@@H](Cc3ccc(C#CC(=O)OCc4ccccc4)cc3)C(=O)N(Cc3cccc4sc(N)nc34)C[C@@H]21. The van der Waals surface area contributed by atoms with Gasteiger partial charge in [0, 0.05) is 37.5 Å². The Kier molecular flexibility index (Phi) is 9.80. The number of carbonyl (C=O) groups excluding carboxylic acids is 4. The molecule has 4 amide bonds. The predicted octanol–water partition coefficient (Wildman–Crippen LogP) is 3.36. The van der Waals surface area contributed by atoms with Crippen LogP contribution in [0.1, 0.15) is 36.1 Å². The number of piperazine rings is 1. The van der Waals surface area contributed by atoms with Gasteiger partial charge in [0.05, 0.1) is 23.3 Å². The summed E-state index contributed by atoms with van der Waals surface area (Å²) in [6.07, 6.45) is -0.324. The second kappa shape index (κ2) is 14.3. The Morgan fingerprint density at radius 1 is 1.06 bits per heavy atom. The Bertz CT molecular complexity index is 1940. The van der Waals surface area contributed by atoms with E-state index in [1.54, 1.807) is 39.0 Å². The van der Waals surface area contributed by atoms with Crippen LogP contribution >= 0.6 is 11.3 Å². The zero-order valence-corrected chi connectivity index (χ0v) is 28.3. The van der Waals surface area contributed by atoms with E-state index in [4.69, 9.17) is 10.5 Å². The minimum Gasteiger partial charge on any atom is -0.451 e. The van der Waals surface area contributed by atoms with E-state index in [2.05, 4.69) is 22.1 Å². The average molecular weight is 680 g/mol. The Hall–Kier alpha value is -5.45. The lowest BCUT2D eigenvalue weighted by atomic mass is 9.99. The molecule has 0 radical (unpaired) electrons. The summed E-state index contributed by atoms with van der Waals surface area (Å²) in [5.74, 6) is 4.28. The van der Waals surface area contributed by atoms with E-state index < -0.39 is 18.2 Å². The number of para-hydroxylation sites is 1. The summed E-state index contributed by atoms with van der Waals surface area (Å²) < 4.78 is 6.17. The van der Waals surface area contributed by atoms with Gasteiger partial charge in [-0.1, -0.05) is 71.9 Å². The molecule has 2 fully saturated rings. The van der Waals surface area contributed by atoms with Crippen molar-refractivity contribution in [3.8, 4) is 11.8 Å². The second-order valence-electron chi connectivity index (χ2n) is 12.1. The van der Waals surface area contributed by atoms with Crippen molar-refractivity contribution in [2.75, 3.05) is 25.9 Å². The largest absolute Gasteiger partial charge is 0.451 e. The molecule has 252 valence electrons. The van der Waals surface area contributed by atoms with Gasteiger partial charge >= 0.3 is 12.0 Å². The summed E-state index contributed by atoms with van der Waals surface area (Å²) in [6.45, 7) is 4.32. The number of thiazole rings is 1. The number of rotatable bonds is 8. The standard InChI is InChI=1S/C36H37N7O5S/c1-23(2)43(36(47)38-3)41-21-31(44)42-28(34(46)40(20-30(41)42)19-27-10-7-11-29-33(27)39-35(37)49-29)18-25-14-12-24(13-15-25)16-17-32(45)48-22-26-8-5-4-6-9-26/h4-15,23,28,30H,18-22H2,1-3H3,(H2,37,39)(H,38,47)/t28-,30+/m0/s1. The first-order valence-corrected chi connectivity index (χ1v) is 16.8. The summed E-state index contributed by atoms with van der Waals surface area (Å²) in [4.78, 5) is 61.0. The van der Waals surface area contributed by atoms with Crippen molar-refractivity contribution in [1.29, 1.82) is 0 Å². The fourth-order valence-corrected chi connectivity index (χ4v) is 7.09. The number of hydrogen-bond acceptors (Lipinski definition) is 9. The molecule has 2 aliphatic rings. The lowest BCUT2D eigenvalue weighted by Gasteiger charge is -2.47. The number of hydrogen-bond donors (Lipinski definition) is 2. The zero-order valence-electron chi connectivity index (χ0n) is 27.5. The highest BCUT2D eigenvalue weighted by Crippen LogP contribution is 2.33. The van der Waals surface area contributed by atoms with Crippen LogP contribution in [0.5, 0.6) is 0 Å². The minimum atomic E-state index is -0.820. The maximum atomic E-state index is 14.3. The third kappa shape index (κ3) is 7.20. The highest BCUT2D eigenvalue weighted by atomic mass is 32.1. The lowest BCUT2D eigenvalue weighted by molar-refractivity contribution is -0.158. The normalized spacial score (nSPS) is 17.6. The molecule has 2 saturated heterocycles. The molecule has 13 heteroatoms. The monoisotopic (exact) mass is 679 g/mol. The van der Waals surface area contributed by atoms with Crippen molar-refractivity contribution in [3.05, 3.63) is 95.1 Å². The van der Waals surface area contributed by atoms with Crippen molar-refractivity contribution in [2.45, 2.75) is 51.7 Å². The Labute approximate surface area is 288 Å². The molecule has 3 aromatic carbocycles. The molecule has 0 bridgehead atoms. The van der Waals surface area contributed by atoms with E-state index in [0.717, 1.165) is 26.9 Å². The second-order valence-corrected chi connectivity index (χ2v) is 13.2. The van der Waals surface area contributed by atoms with Crippen LogP contribution in [0, 0.1) is 11.8 Å². The Morgan fingerprint density at radius 2 is 1.82 bits per heavy atom. The first-order chi connectivity index (χ1) is 23.6. The number of amides is 4. The fourth-order valence-electron chi connectivity index (χ4n) is 6.31. The zero-order chi connectivity index (χ0) is 34.7. The number of nitrogens with one attached hydrogen (secondary N) is 1. The highest BCUT2D eigenvalue weighted by molar-refractivity contribution is 7.22. The molecule has 2 atom stereocenters. The van der Waals surface area contributed by atoms with Crippen molar-refractivity contribution < 1.29 is 23.9 Å². The molecule has 6 rings (SSSR count). The summed E-state index contributed by atoms with van der Waals surface area (Å²) >= 11 is 1.38. The molecule has 3 N–H and O–H groups in total. The molecule has 4 aromatic rings. The summed E-state index contributed by atoms with van der Waals surface area (Å²) in [7, 11) is 1.55. The molecule has 0 spiro atoms. The molecule has 0 saturated carbocycles. The third-order valence-corrected chi connectivity index (χ3v) is 9.39. The number of anilines is 1. The number of urea groups is 1. The van der Waals surface area contributed by atoms with Crippen molar-refractivity contribution >= 4 is 50.5 Å². The van der Waals surface area contributed by atoms with Gasteiger partial charge in [-0.05, 0) is 48.7 Å². The number of aromatic nitrogens is 1. The van der Waals surface area contributed by atoms with Crippen LogP contribution < -0.4 is 11.1 Å². The first kappa shape index (κ1) is 33.5. The van der Waals surface area contributed by atoms with Gasteiger partial charge in [-0.15, -0.1) is 0 Å². The average Bonchev–Trinajstić information content (AvgIpc) is 3.64. The third-order valence-electron chi connectivity index (χ3n) is 8.54. The van der Waals surface area contributed by atoms with E-state index in [0.29, 0.717) is 10.7 Å². The number of ether oxygens (including phenoxy) is 1. The van der Waals surface area contributed by atoms with Gasteiger partial charge in [-0.3, -0.25) is 14.6 Å². The van der Waals surface area contributed by atoms with Crippen LogP contribution in [0.4, 0.5) is 9.93 Å². The van der Waals surface area contributed by atoms with E-state index in [-0.39, 0.29) is 56.5 Å². The van der Waals surface area contributed by atoms with Gasteiger partial charge in [0.1, 0.15) is 18.8 Å². The Balaban J connectivity index is 1.24. The molecular formula is C36H37N7O5S. The molecule has 1 aromatic heterocycles. The summed E-state index contributed by atoms with van der Waals surface area (Å²) in [5, 5.41) is 6.43. The molecule has 49 heavy (non-hydrogen) atoms. The van der Waals surface area contributed by atoms with Crippen LogP contribution in [0.2, 0.25) is 0 Å². The number of fused-ring (bicyclic) bond motifs is 2. The molecule has 0 unspecified atom stereocenters. The first-order valence-electron chi connectivity index (χ1n) is 16.0. The summed E-state index contributed by atoms with van der Waals surface area (Å²) in [6, 6.07) is 21.0. The van der Waals surface area contributed by atoms with Crippen LogP contribution in [0.3, 0.4) is 0 Å². The van der Waals surface area contributed by atoms with Gasteiger partial charge in [-0.25, -0.2) is 14.6 Å².